The van der Waals surface area contributed by atoms with Crippen LogP contribution in [-0.4, -0.2) is 64.7 Å². The molecule has 2 aliphatic rings. The predicted molar refractivity (Wildman–Crippen MR) is 120 cm³/mol. The number of hydrogen-bond donors (Lipinski definition) is 2. The topological polar surface area (TPSA) is 106 Å². The molecule has 0 atom stereocenters. The van der Waals surface area contributed by atoms with Crippen LogP contribution in [0, 0.1) is 6.92 Å². The average molecular weight is 462 g/mol. The van der Waals surface area contributed by atoms with E-state index in [1.54, 1.807) is 43.3 Å². The number of morpholine rings is 1. The SMILES string of the molecule is Cc1ccc(NCC(=O)Nc2ccc3c(c2)OCCCO3)cc1S(=O)(=O)N1CCOCC1. The molecule has 172 valence electrons. The first-order chi connectivity index (χ1) is 15.4. The van der Waals surface area contributed by atoms with Gasteiger partial charge in [0.15, 0.2) is 11.5 Å². The van der Waals surface area contributed by atoms with Crippen LogP contribution in [0.25, 0.3) is 0 Å². The summed E-state index contributed by atoms with van der Waals surface area (Å²) in [6.45, 7) is 4.33. The van der Waals surface area contributed by atoms with Gasteiger partial charge in [-0.1, -0.05) is 6.07 Å². The molecule has 2 aliphatic heterocycles. The van der Waals surface area contributed by atoms with Crippen molar-refractivity contribution in [3.05, 3.63) is 42.0 Å². The Balaban J connectivity index is 1.40. The lowest BCUT2D eigenvalue weighted by Crippen LogP contribution is -2.40. The number of carbonyl (C=O) groups is 1. The lowest BCUT2D eigenvalue weighted by atomic mass is 10.2. The number of fused-ring (bicyclic) bond motifs is 1. The van der Waals surface area contributed by atoms with E-state index in [-0.39, 0.29) is 17.3 Å². The number of amides is 1. The lowest BCUT2D eigenvalue weighted by molar-refractivity contribution is -0.114. The predicted octanol–water partition coefficient (Wildman–Crippen LogP) is 2.23. The molecular weight excluding hydrogens is 434 g/mol. The third-order valence-corrected chi connectivity index (χ3v) is 7.30. The normalized spacial score (nSPS) is 16.8. The van der Waals surface area contributed by atoms with E-state index in [1.165, 1.54) is 4.31 Å². The fourth-order valence-electron chi connectivity index (χ4n) is 3.54. The molecule has 0 aliphatic carbocycles. The molecule has 9 nitrogen and oxygen atoms in total. The van der Waals surface area contributed by atoms with Crippen molar-refractivity contribution >= 4 is 27.3 Å². The minimum atomic E-state index is -3.63. The molecule has 2 aromatic carbocycles. The number of nitrogens with one attached hydrogen (secondary N) is 2. The monoisotopic (exact) mass is 461 g/mol. The summed E-state index contributed by atoms with van der Waals surface area (Å²) in [5, 5.41) is 5.82. The number of hydrogen-bond acceptors (Lipinski definition) is 7. The average Bonchev–Trinajstić information content (AvgIpc) is 3.04. The molecule has 0 saturated carbocycles. The maximum absolute atomic E-state index is 13.0. The second-order valence-corrected chi connectivity index (χ2v) is 9.52. The summed E-state index contributed by atoms with van der Waals surface area (Å²) in [7, 11) is -3.63. The van der Waals surface area contributed by atoms with Gasteiger partial charge in [-0.25, -0.2) is 8.42 Å². The molecule has 32 heavy (non-hydrogen) atoms. The van der Waals surface area contributed by atoms with E-state index in [0.717, 1.165) is 6.42 Å². The summed E-state index contributed by atoms with van der Waals surface area (Å²) in [6.07, 6.45) is 0.806. The second kappa shape index (κ2) is 9.76. The highest BCUT2D eigenvalue weighted by Crippen LogP contribution is 2.32. The van der Waals surface area contributed by atoms with Crippen LogP contribution in [0.1, 0.15) is 12.0 Å². The zero-order chi connectivity index (χ0) is 22.6. The van der Waals surface area contributed by atoms with Crippen LogP contribution in [0.3, 0.4) is 0 Å². The van der Waals surface area contributed by atoms with Crippen LogP contribution in [0.5, 0.6) is 11.5 Å². The standard InChI is InChI=1S/C22H27N3O6S/c1-16-3-4-17(14-21(16)32(27,28)25-7-11-29-12-8-25)23-15-22(26)24-18-5-6-19-20(13-18)31-10-2-9-30-19/h3-6,13-14,23H,2,7-12,15H2,1H3,(H,24,26). The first-order valence-electron chi connectivity index (χ1n) is 10.6. The number of nitrogens with zero attached hydrogens (tertiary/aromatic N) is 1. The van der Waals surface area contributed by atoms with Gasteiger partial charge in [-0.15, -0.1) is 0 Å². The van der Waals surface area contributed by atoms with Crippen molar-refractivity contribution < 1.29 is 27.4 Å². The number of ether oxygens (including phenoxy) is 3. The summed E-state index contributed by atoms with van der Waals surface area (Å²) >= 11 is 0. The molecule has 2 aromatic rings. The van der Waals surface area contributed by atoms with Gasteiger partial charge in [-0.05, 0) is 36.8 Å². The van der Waals surface area contributed by atoms with E-state index in [1.807, 2.05) is 0 Å². The molecule has 0 radical (unpaired) electrons. The largest absolute Gasteiger partial charge is 0.490 e. The van der Waals surface area contributed by atoms with Crippen molar-refractivity contribution in [2.24, 2.45) is 0 Å². The van der Waals surface area contributed by atoms with Crippen molar-refractivity contribution in [3.8, 4) is 11.5 Å². The maximum Gasteiger partial charge on any atom is 0.243 e. The van der Waals surface area contributed by atoms with Gasteiger partial charge in [0.2, 0.25) is 15.9 Å². The molecule has 0 spiro atoms. The minimum absolute atomic E-state index is 0.0193. The highest BCUT2D eigenvalue weighted by atomic mass is 32.2. The number of aryl methyl sites for hydroxylation is 1. The molecule has 2 N–H and O–H groups in total. The van der Waals surface area contributed by atoms with Crippen molar-refractivity contribution in [1.29, 1.82) is 0 Å². The van der Waals surface area contributed by atoms with Crippen LogP contribution in [0.2, 0.25) is 0 Å². The lowest BCUT2D eigenvalue weighted by Gasteiger charge is -2.27. The summed E-state index contributed by atoms with van der Waals surface area (Å²) in [4.78, 5) is 12.7. The van der Waals surface area contributed by atoms with Gasteiger partial charge in [0.05, 0.1) is 37.9 Å². The van der Waals surface area contributed by atoms with Crippen LogP contribution >= 0.6 is 0 Å². The Morgan fingerprint density at radius 2 is 1.69 bits per heavy atom. The molecule has 10 heteroatoms. The van der Waals surface area contributed by atoms with E-state index in [9.17, 15) is 13.2 Å². The molecule has 1 amide bonds. The maximum atomic E-state index is 13.0. The Bertz CT molecular complexity index is 1080. The van der Waals surface area contributed by atoms with Gasteiger partial charge in [0, 0.05) is 37.0 Å². The third-order valence-electron chi connectivity index (χ3n) is 5.26. The van der Waals surface area contributed by atoms with Gasteiger partial charge < -0.3 is 24.8 Å². The molecule has 2 heterocycles. The van der Waals surface area contributed by atoms with Crippen LogP contribution < -0.4 is 20.1 Å². The van der Waals surface area contributed by atoms with Crippen LogP contribution in [0.4, 0.5) is 11.4 Å². The summed E-state index contributed by atoms with van der Waals surface area (Å²) in [5.41, 5.74) is 1.80. The minimum Gasteiger partial charge on any atom is -0.490 e. The fraction of sp³-hybridized carbons (Fsp3) is 0.409. The number of rotatable bonds is 6. The van der Waals surface area contributed by atoms with Crippen molar-refractivity contribution in [2.75, 3.05) is 56.7 Å². The molecule has 1 fully saturated rings. The van der Waals surface area contributed by atoms with Gasteiger partial charge in [0.1, 0.15) is 0 Å². The van der Waals surface area contributed by atoms with Crippen molar-refractivity contribution in [3.63, 3.8) is 0 Å². The Hall–Kier alpha value is -2.82. The van der Waals surface area contributed by atoms with Gasteiger partial charge in [-0.2, -0.15) is 4.31 Å². The van der Waals surface area contributed by atoms with E-state index in [2.05, 4.69) is 10.6 Å². The third kappa shape index (κ3) is 5.14. The molecule has 0 aromatic heterocycles. The fourth-order valence-corrected chi connectivity index (χ4v) is 5.20. The van der Waals surface area contributed by atoms with E-state index in [0.29, 0.717) is 68.0 Å². The van der Waals surface area contributed by atoms with Crippen LogP contribution in [-0.2, 0) is 19.6 Å². The van der Waals surface area contributed by atoms with Crippen molar-refractivity contribution in [2.45, 2.75) is 18.2 Å². The molecule has 0 unspecified atom stereocenters. The van der Waals surface area contributed by atoms with Gasteiger partial charge in [0.25, 0.3) is 0 Å². The highest BCUT2D eigenvalue weighted by molar-refractivity contribution is 7.89. The molecule has 0 bridgehead atoms. The number of benzene rings is 2. The highest BCUT2D eigenvalue weighted by Gasteiger charge is 2.28. The molecule has 1 saturated heterocycles. The van der Waals surface area contributed by atoms with E-state index in [4.69, 9.17) is 14.2 Å². The second-order valence-electron chi connectivity index (χ2n) is 7.61. The molecular formula is C22H27N3O6S. The first-order valence-corrected chi connectivity index (χ1v) is 12.0. The van der Waals surface area contributed by atoms with E-state index >= 15 is 0 Å². The van der Waals surface area contributed by atoms with Gasteiger partial charge >= 0.3 is 0 Å². The summed E-state index contributed by atoms with van der Waals surface area (Å²) in [6, 6.07) is 10.3. The first kappa shape index (κ1) is 22.4. The number of anilines is 2. The Morgan fingerprint density at radius 1 is 0.969 bits per heavy atom. The summed E-state index contributed by atoms with van der Waals surface area (Å²) in [5.74, 6) is 0.995. The number of carbonyl (C=O) groups excluding carboxylic acids is 1. The quantitative estimate of drug-likeness (QED) is 0.679. The zero-order valence-electron chi connectivity index (χ0n) is 17.9. The van der Waals surface area contributed by atoms with Gasteiger partial charge in [-0.3, -0.25) is 4.79 Å². The van der Waals surface area contributed by atoms with Crippen molar-refractivity contribution in [1.82, 2.24) is 4.31 Å². The summed E-state index contributed by atoms with van der Waals surface area (Å²) < 4.78 is 44.0. The smallest absolute Gasteiger partial charge is 0.243 e. The number of sulfonamides is 1. The Labute approximate surface area is 187 Å². The Kier molecular flexibility index (Phi) is 6.83. The van der Waals surface area contributed by atoms with Crippen LogP contribution in [0.15, 0.2) is 41.3 Å². The zero-order valence-corrected chi connectivity index (χ0v) is 18.7. The Morgan fingerprint density at radius 3 is 2.47 bits per heavy atom. The van der Waals surface area contributed by atoms with E-state index < -0.39 is 10.0 Å². The molecule has 4 rings (SSSR count).